The fraction of sp³-hybridized carbons (Fsp3) is 0.350. The zero-order chi connectivity index (χ0) is 20.7. The van der Waals surface area contributed by atoms with Crippen LogP contribution in [0.5, 0.6) is 0 Å². The zero-order valence-electron chi connectivity index (χ0n) is 15.9. The number of hydrogen-bond donors (Lipinski definition) is 2. The number of aliphatic hydroxyl groups excluding tert-OH is 1. The number of rotatable bonds is 5. The molecule has 1 aliphatic heterocycles. The Morgan fingerprint density at radius 3 is 2.62 bits per heavy atom. The van der Waals surface area contributed by atoms with Crippen LogP contribution >= 0.6 is 0 Å². The highest BCUT2D eigenvalue weighted by atomic mass is 19.3. The van der Waals surface area contributed by atoms with Gasteiger partial charge >= 0.3 is 0 Å². The summed E-state index contributed by atoms with van der Waals surface area (Å²) in [6.45, 7) is 4.50. The van der Waals surface area contributed by atoms with E-state index >= 15 is 0 Å². The lowest BCUT2D eigenvalue weighted by atomic mass is 10.0. The minimum Gasteiger partial charge on any atom is -0.389 e. The molecule has 3 aromatic rings. The fourth-order valence-corrected chi connectivity index (χ4v) is 3.45. The van der Waals surface area contributed by atoms with Crippen molar-refractivity contribution in [3.8, 4) is 0 Å². The molecule has 1 unspecified atom stereocenters. The number of β-amino-alcohol motifs (C(OH)–C–C–N with tert-alkyl or cyclic N) is 1. The summed E-state index contributed by atoms with van der Waals surface area (Å²) in [5.74, 6) is -0.546. The van der Waals surface area contributed by atoms with Crippen LogP contribution in [0.4, 0.5) is 24.7 Å². The number of fused-ring (bicyclic) bond motifs is 1. The Bertz CT molecular complexity index is 1060. The Labute approximate surface area is 165 Å². The quantitative estimate of drug-likeness (QED) is 0.676. The number of aromatic nitrogens is 3. The molecule has 6 nitrogen and oxygen atoms in total. The number of hydrogen-bond acceptors (Lipinski definition) is 6. The summed E-state index contributed by atoms with van der Waals surface area (Å²) in [7, 11) is 0. The lowest BCUT2D eigenvalue weighted by molar-refractivity contribution is 0.142. The maximum atomic E-state index is 14.5. The number of aryl methyl sites for hydroxylation is 1. The summed E-state index contributed by atoms with van der Waals surface area (Å²) < 4.78 is 40.6. The third-order valence-corrected chi connectivity index (χ3v) is 5.11. The van der Waals surface area contributed by atoms with Gasteiger partial charge in [0.2, 0.25) is 0 Å². The Kier molecular flexibility index (Phi) is 4.99. The molecule has 0 aliphatic carbocycles. The van der Waals surface area contributed by atoms with Gasteiger partial charge in [-0.05, 0) is 19.9 Å². The standard InChI is InChI=1S/C20H20F3N5O/c1-10(14-4-3-5-15(17(14)21)19(22)23)25-20-16-6-12(28-8-13(29)9-28)7-24-18(16)11(2)26-27-20/h3-7,10,13,19,29H,8-9H2,1-2H3,(H,25,27). The molecule has 4 rings (SSSR count). The van der Waals surface area contributed by atoms with Gasteiger partial charge in [0, 0.05) is 24.0 Å². The van der Waals surface area contributed by atoms with Crippen molar-refractivity contribution in [3.63, 3.8) is 0 Å². The van der Waals surface area contributed by atoms with Gasteiger partial charge in [0.25, 0.3) is 6.43 Å². The molecule has 1 aromatic carbocycles. The molecule has 0 spiro atoms. The summed E-state index contributed by atoms with van der Waals surface area (Å²) >= 11 is 0. The molecular formula is C20H20F3N5O. The second-order valence-corrected chi connectivity index (χ2v) is 7.20. The van der Waals surface area contributed by atoms with Gasteiger partial charge in [-0.15, -0.1) is 5.10 Å². The van der Waals surface area contributed by atoms with Crippen LogP contribution in [0, 0.1) is 12.7 Å². The van der Waals surface area contributed by atoms with Gasteiger partial charge in [0.1, 0.15) is 5.82 Å². The highest BCUT2D eigenvalue weighted by Crippen LogP contribution is 2.32. The largest absolute Gasteiger partial charge is 0.389 e. The van der Waals surface area contributed by atoms with Crippen LogP contribution in [0.25, 0.3) is 10.9 Å². The molecule has 152 valence electrons. The molecule has 0 saturated carbocycles. The Hall–Kier alpha value is -2.94. The summed E-state index contributed by atoms with van der Waals surface area (Å²) in [6.07, 6.45) is -1.53. The first kappa shape index (κ1) is 19.4. The lowest BCUT2D eigenvalue weighted by Crippen LogP contribution is -2.50. The van der Waals surface area contributed by atoms with Crippen molar-refractivity contribution in [1.29, 1.82) is 0 Å². The van der Waals surface area contributed by atoms with E-state index in [0.29, 0.717) is 35.5 Å². The monoisotopic (exact) mass is 403 g/mol. The highest BCUT2D eigenvalue weighted by Gasteiger charge is 2.26. The van der Waals surface area contributed by atoms with E-state index in [1.54, 1.807) is 20.0 Å². The third kappa shape index (κ3) is 3.57. The number of nitrogens with zero attached hydrogens (tertiary/aromatic N) is 4. The molecule has 0 amide bonds. The number of pyridine rings is 1. The number of halogens is 3. The van der Waals surface area contributed by atoms with Gasteiger partial charge in [0.05, 0.1) is 40.8 Å². The molecule has 0 radical (unpaired) electrons. The average Bonchev–Trinajstić information content (AvgIpc) is 2.67. The van der Waals surface area contributed by atoms with Crippen LogP contribution in [0.15, 0.2) is 30.5 Å². The highest BCUT2D eigenvalue weighted by molar-refractivity contribution is 5.92. The van der Waals surface area contributed by atoms with E-state index in [1.807, 2.05) is 11.0 Å². The summed E-state index contributed by atoms with van der Waals surface area (Å²) in [6, 6.07) is 5.22. The van der Waals surface area contributed by atoms with Crippen molar-refractivity contribution in [1.82, 2.24) is 15.2 Å². The van der Waals surface area contributed by atoms with Crippen LogP contribution in [-0.4, -0.2) is 39.5 Å². The van der Waals surface area contributed by atoms with E-state index < -0.39 is 23.8 Å². The van der Waals surface area contributed by atoms with Crippen LogP contribution in [0.3, 0.4) is 0 Å². The molecule has 1 saturated heterocycles. The summed E-state index contributed by atoms with van der Waals surface area (Å²) in [5.41, 5.74) is 1.60. The molecule has 9 heteroatoms. The molecule has 1 atom stereocenters. The van der Waals surface area contributed by atoms with E-state index in [2.05, 4.69) is 20.5 Å². The van der Waals surface area contributed by atoms with Crippen molar-refractivity contribution in [2.24, 2.45) is 0 Å². The molecule has 0 bridgehead atoms. The first-order chi connectivity index (χ1) is 13.8. The Morgan fingerprint density at radius 2 is 1.93 bits per heavy atom. The van der Waals surface area contributed by atoms with Gasteiger partial charge in [-0.2, -0.15) is 5.10 Å². The van der Waals surface area contributed by atoms with Crippen molar-refractivity contribution in [2.45, 2.75) is 32.4 Å². The van der Waals surface area contributed by atoms with E-state index in [4.69, 9.17) is 0 Å². The van der Waals surface area contributed by atoms with Gasteiger partial charge in [-0.25, -0.2) is 13.2 Å². The Balaban J connectivity index is 1.69. The maximum absolute atomic E-state index is 14.5. The second-order valence-electron chi connectivity index (χ2n) is 7.20. The van der Waals surface area contributed by atoms with E-state index in [-0.39, 0.29) is 11.7 Å². The summed E-state index contributed by atoms with van der Waals surface area (Å²) in [4.78, 5) is 6.44. The SMILES string of the molecule is Cc1nnc(NC(C)c2cccc(C(F)F)c2F)c2cc(N3CC(O)C3)cnc12. The topological polar surface area (TPSA) is 74.2 Å². The molecule has 2 N–H and O–H groups in total. The normalized spacial score (nSPS) is 15.6. The predicted molar refractivity (Wildman–Crippen MR) is 104 cm³/mol. The van der Waals surface area contributed by atoms with Crippen molar-refractivity contribution < 1.29 is 18.3 Å². The molecule has 1 aliphatic rings. The first-order valence-corrected chi connectivity index (χ1v) is 9.24. The van der Waals surface area contributed by atoms with Crippen LogP contribution in [-0.2, 0) is 0 Å². The summed E-state index contributed by atoms with van der Waals surface area (Å²) in [5, 5.41) is 21.6. The second kappa shape index (κ2) is 7.47. The molecular weight excluding hydrogens is 383 g/mol. The molecule has 29 heavy (non-hydrogen) atoms. The van der Waals surface area contributed by atoms with Crippen LogP contribution in [0.2, 0.25) is 0 Å². The van der Waals surface area contributed by atoms with Crippen molar-refractivity contribution in [2.75, 3.05) is 23.3 Å². The van der Waals surface area contributed by atoms with Gasteiger partial charge in [0.15, 0.2) is 5.82 Å². The van der Waals surface area contributed by atoms with Gasteiger partial charge < -0.3 is 15.3 Å². The van der Waals surface area contributed by atoms with Crippen molar-refractivity contribution in [3.05, 3.63) is 53.1 Å². The molecule has 3 heterocycles. The van der Waals surface area contributed by atoms with Crippen molar-refractivity contribution >= 4 is 22.4 Å². The average molecular weight is 403 g/mol. The minimum absolute atomic E-state index is 0.119. The Morgan fingerprint density at radius 1 is 1.21 bits per heavy atom. The zero-order valence-corrected chi connectivity index (χ0v) is 15.9. The maximum Gasteiger partial charge on any atom is 0.266 e. The number of alkyl halides is 2. The van der Waals surface area contributed by atoms with Crippen LogP contribution in [0.1, 0.15) is 36.2 Å². The number of aliphatic hydroxyl groups is 1. The van der Waals surface area contributed by atoms with E-state index in [0.717, 1.165) is 11.8 Å². The number of benzene rings is 1. The number of anilines is 2. The van der Waals surface area contributed by atoms with Gasteiger partial charge in [-0.1, -0.05) is 18.2 Å². The molecule has 1 fully saturated rings. The minimum atomic E-state index is -2.89. The lowest BCUT2D eigenvalue weighted by Gasteiger charge is -2.37. The smallest absolute Gasteiger partial charge is 0.266 e. The van der Waals surface area contributed by atoms with E-state index in [9.17, 15) is 18.3 Å². The van der Waals surface area contributed by atoms with Gasteiger partial charge in [-0.3, -0.25) is 4.98 Å². The number of nitrogens with one attached hydrogen (secondary N) is 1. The van der Waals surface area contributed by atoms with E-state index in [1.165, 1.54) is 12.1 Å². The third-order valence-electron chi connectivity index (χ3n) is 5.11. The molecule has 2 aromatic heterocycles. The predicted octanol–water partition coefficient (Wildman–Crippen LogP) is 3.76. The van der Waals surface area contributed by atoms with Crippen LogP contribution < -0.4 is 10.2 Å². The fourth-order valence-electron chi connectivity index (χ4n) is 3.45. The first-order valence-electron chi connectivity index (χ1n) is 9.24.